The van der Waals surface area contributed by atoms with Crippen molar-refractivity contribution in [2.45, 2.75) is 112 Å². The zero-order valence-corrected chi connectivity index (χ0v) is 48.9. The van der Waals surface area contributed by atoms with E-state index in [1.54, 1.807) is 78.9 Å². The van der Waals surface area contributed by atoms with Crippen molar-refractivity contribution < 1.29 is 91.6 Å². The second-order valence-electron chi connectivity index (χ2n) is 22.1. The lowest BCUT2D eigenvalue weighted by Crippen LogP contribution is -2.58. The van der Waals surface area contributed by atoms with Crippen molar-refractivity contribution in [2.75, 3.05) is 59.4 Å². The molecule has 26 nitrogen and oxygen atoms in total. The first-order chi connectivity index (χ1) is 42.4. The number of hydrogen-bond donors (Lipinski definition) is 9. The number of carbonyl (C=O) groups is 8. The molecule has 9 rings (SSSR count). The molecule has 2 saturated carbocycles. The van der Waals surface area contributed by atoms with Crippen LogP contribution < -0.4 is 51.3 Å². The average molecular weight is 1220 g/mol. The summed E-state index contributed by atoms with van der Waals surface area (Å²) in [6.45, 7) is 0.680. The molecule has 26 heteroatoms. The Balaban J connectivity index is 0.771. The molecule has 88 heavy (non-hydrogen) atoms. The Labute approximate surface area is 506 Å². The van der Waals surface area contributed by atoms with Gasteiger partial charge in [-0.05, 0) is 92.3 Å². The Hall–Kier alpha value is -8.82. The third-order valence-corrected chi connectivity index (χ3v) is 16.7. The number of alkyl carbamates (subject to hydrolysis) is 1. The van der Waals surface area contributed by atoms with Crippen LogP contribution >= 0.6 is 0 Å². The highest BCUT2D eigenvalue weighted by Gasteiger charge is 2.78. The first kappa shape index (κ1) is 63.7. The lowest BCUT2D eigenvalue weighted by molar-refractivity contribution is -0.312. The van der Waals surface area contributed by atoms with Gasteiger partial charge in [-0.2, -0.15) is 0 Å². The normalized spacial score (nSPS) is 24.1. The van der Waals surface area contributed by atoms with Crippen LogP contribution in [0, 0.1) is 11.3 Å². The highest BCUT2D eigenvalue weighted by atomic mass is 16.8. The van der Waals surface area contributed by atoms with Crippen LogP contribution in [0.4, 0.5) is 15.3 Å². The minimum atomic E-state index is -2.40. The number of carboxylic acids is 1. The number of hydrogen-bond acceptors (Lipinski definition) is 18. The molecule has 1 saturated heterocycles. The van der Waals surface area contributed by atoms with Crippen LogP contribution in [0.2, 0.25) is 0 Å². The molecule has 4 aromatic rings. The Bertz CT molecular complexity index is 3220. The molecular formula is C62H73N7O19. The number of aliphatic hydroxyl groups is 2. The largest absolute Gasteiger partial charge is 0.497 e. The minimum absolute atomic E-state index is 0.00667. The lowest BCUT2D eigenvalue weighted by Gasteiger charge is -2.40. The topological polar surface area (TPSA) is 361 Å². The van der Waals surface area contributed by atoms with E-state index >= 15 is 0 Å². The van der Waals surface area contributed by atoms with Crippen molar-refractivity contribution in [3.8, 4) is 23.0 Å². The fraction of sp³-hybridized carbons (Fsp3) is 0.452. The average Bonchev–Trinajstić information content (AvgIpc) is 1.51. The molecular weight excluding hydrogens is 1150 g/mol. The summed E-state index contributed by atoms with van der Waals surface area (Å²) in [5.41, 5.74) is 1.32. The molecule has 0 aromatic heterocycles. The molecule has 4 aromatic carbocycles. The number of methoxy groups -OCH3 is 3. The van der Waals surface area contributed by atoms with E-state index < -0.39 is 95.1 Å². The number of aliphatic hydroxyl groups excluding tert-OH is 1. The van der Waals surface area contributed by atoms with Gasteiger partial charge in [0, 0.05) is 69.2 Å². The van der Waals surface area contributed by atoms with E-state index in [4.69, 9.17) is 43.6 Å². The number of imide groups is 1. The van der Waals surface area contributed by atoms with Crippen molar-refractivity contribution in [2.24, 2.45) is 17.1 Å². The van der Waals surface area contributed by atoms with E-state index in [9.17, 15) is 53.7 Å². The Morgan fingerprint density at radius 2 is 1.51 bits per heavy atom. The van der Waals surface area contributed by atoms with Gasteiger partial charge in [-0.1, -0.05) is 61.0 Å². The van der Waals surface area contributed by atoms with E-state index in [0.717, 1.165) is 4.90 Å². The number of amides is 8. The third-order valence-electron chi connectivity index (χ3n) is 16.7. The van der Waals surface area contributed by atoms with Gasteiger partial charge in [0.05, 0.1) is 38.4 Å². The number of ether oxygens (including phenoxy) is 8. The Kier molecular flexibility index (Phi) is 20.2. The number of rotatable bonds is 28. The number of urea groups is 1. The van der Waals surface area contributed by atoms with Gasteiger partial charge >= 0.3 is 18.1 Å². The smallest absolute Gasteiger partial charge is 0.407 e. The zero-order valence-electron chi connectivity index (χ0n) is 48.9. The molecule has 3 fully saturated rings. The van der Waals surface area contributed by atoms with E-state index in [1.807, 2.05) is 0 Å². The maximum atomic E-state index is 13.8. The van der Waals surface area contributed by atoms with Gasteiger partial charge in [0.2, 0.25) is 24.0 Å². The highest BCUT2D eigenvalue weighted by Crippen LogP contribution is 2.70. The summed E-state index contributed by atoms with van der Waals surface area (Å²) in [7, 11) is 4.25. The van der Waals surface area contributed by atoms with Gasteiger partial charge < -0.3 is 85.5 Å². The molecule has 9 atom stereocenters. The number of benzene rings is 4. The summed E-state index contributed by atoms with van der Waals surface area (Å²) in [6.07, 6.45) is 0.488. The summed E-state index contributed by atoms with van der Waals surface area (Å²) in [4.78, 5) is 103. The van der Waals surface area contributed by atoms with E-state index in [2.05, 4.69) is 26.6 Å². The fourth-order valence-electron chi connectivity index (χ4n) is 12.1. The number of nitrogens with one attached hydrogen (secondary N) is 5. The number of nitrogens with two attached hydrogens (primary N) is 1. The summed E-state index contributed by atoms with van der Waals surface area (Å²) in [5, 5.41) is 49.6. The number of aliphatic carboxylic acids is 1. The van der Waals surface area contributed by atoms with Gasteiger partial charge in [0.15, 0.2) is 11.2 Å². The number of unbranched alkanes of at least 4 members (excludes halogenated alkanes) is 2. The molecule has 8 amide bonds. The number of anilines is 1. The number of primary amides is 1. The second kappa shape index (κ2) is 27.9. The molecule has 3 aliphatic heterocycles. The molecule has 5 aliphatic rings. The molecule has 3 heterocycles. The maximum absolute atomic E-state index is 13.8. The first-order valence-electron chi connectivity index (χ1n) is 29.0. The van der Waals surface area contributed by atoms with Crippen LogP contribution in [0.5, 0.6) is 23.0 Å². The third kappa shape index (κ3) is 13.2. The fourth-order valence-corrected chi connectivity index (χ4v) is 12.1. The summed E-state index contributed by atoms with van der Waals surface area (Å²) >= 11 is 0. The molecule has 0 bridgehead atoms. The maximum Gasteiger partial charge on any atom is 0.407 e. The van der Waals surface area contributed by atoms with Gasteiger partial charge in [0.1, 0.15) is 47.2 Å². The number of nitrogens with zero attached hydrogens (tertiary/aromatic N) is 1. The van der Waals surface area contributed by atoms with Crippen molar-refractivity contribution in [1.82, 2.24) is 26.2 Å². The first-order valence-corrected chi connectivity index (χ1v) is 29.0. The van der Waals surface area contributed by atoms with Gasteiger partial charge in [-0.3, -0.25) is 33.7 Å². The van der Waals surface area contributed by atoms with Crippen LogP contribution in [0.1, 0.15) is 86.0 Å². The molecule has 470 valence electrons. The van der Waals surface area contributed by atoms with E-state index in [-0.39, 0.29) is 106 Å². The minimum Gasteiger partial charge on any atom is -0.497 e. The number of carbonyl (C=O) groups excluding carboxylic acids is 7. The van der Waals surface area contributed by atoms with E-state index in [0.29, 0.717) is 53.8 Å². The predicted octanol–water partition coefficient (Wildman–Crippen LogP) is 3.70. The number of fused-ring (bicyclic) bond motifs is 3. The van der Waals surface area contributed by atoms with Crippen molar-refractivity contribution in [3.05, 3.63) is 125 Å². The van der Waals surface area contributed by atoms with Crippen molar-refractivity contribution in [1.29, 1.82) is 0 Å². The molecule has 10 N–H and O–H groups in total. The SMILES string of the molecule is COc1ccc([C@@]23Oc4cc(O[C@@H]5O[C@@H](CCNC(=O)OCc6ccc(NC(=O)[C@H](CCCNC(N)=O)NC(=O)C7(C(=O)NCCCCCN8C(=O)C=CC8=O)CCC7)cc6)CO[C@H]5OC)cc(OC)c4[C@]2(O)[C@H](O)[C@H](C(=O)O)[C@H]3c2ccccc2)cc1. The van der Waals surface area contributed by atoms with Crippen molar-refractivity contribution in [3.63, 3.8) is 0 Å². The van der Waals surface area contributed by atoms with Crippen LogP contribution in [-0.2, 0) is 65.5 Å². The molecule has 2 aliphatic carbocycles. The monoisotopic (exact) mass is 1220 g/mol. The van der Waals surface area contributed by atoms with Crippen LogP contribution in [0.25, 0.3) is 0 Å². The zero-order chi connectivity index (χ0) is 62.8. The second-order valence-corrected chi connectivity index (χ2v) is 22.1. The number of carboxylic acid groups (broad SMARTS) is 1. The van der Waals surface area contributed by atoms with Crippen LogP contribution in [0.15, 0.2) is 103 Å². The predicted molar refractivity (Wildman–Crippen MR) is 310 cm³/mol. The standard InChI is InChI=1S/C62H73N7O19/c1-81-40-21-17-38(18-22-40)62-49(37-12-6-4-7-13-37)48(53(74)75)51(72)61(62,80)50-44(82-2)32-42(33-45(50)88-62)87-55-54(83-3)84-35-41(86-55)25-30-66-59(79)85-34-36-15-19-39(20-16-36)67-52(73)43(14-10-29-65-58(63)78)68-57(77)60(26-11-27-60)56(76)64-28-8-5-9-31-69-46(70)23-24-47(69)71/h4,6-7,12-13,15-24,32-33,41,43,48-49,51,54-55,72,80H,5,8-11,14,25-31,34-35H2,1-3H3,(H,64,76)(H,66,79)(H,67,73)(H,68,77)(H,74,75)(H3,63,65,78)/t41-,43-,48+,49+,51+,54+,55-,61-,62-/m0/s1. The highest BCUT2D eigenvalue weighted by molar-refractivity contribution is 6.13. The van der Waals surface area contributed by atoms with E-state index in [1.165, 1.54) is 45.6 Å². The Morgan fingerprint density at radius 1 is 0.795 bits per heavy atom. The molecule has 0 spiro atoms. The molecule has 0 unspecified atom stereocenters. The van der Waals surface area contributed by atoms with Crippen molar-refractivity contribution >= 4 is 53.3 Å². The van der Waals surface area contributed by atoms with Crippen LogP contribution in [-0.4, -0.2) is 153 Å². The van der Waals surface area contributed by atoms with Gasteiger partial charge in [0.25, 0.3) is 18.1 Å². The quantitative estimate of drug-likeness (QED) is 0.0222. The lowest BCUT2D eigenvalue weighted by atomic mass is 9.67. The summed E-state index contributed by atoms with van der Waals surface area (Å²) < 4.78 is 47.8. The Morgan fingerprint density at radius 3 is 2.16 bits per heavy atom. The summed E-state index contributed by atoms with van der Waals surface area (Å²) in [5.74, 6) is -5.72. The summed E-state index contributed by atoms with van der Waals surface area (Å²) in [6, 6.07) is 22.8. The van der Waals surface area contributed by atoms with Gasteiger partial charge in [-0.25, -0.2) is 9.59 Å². The van der Waals surface area contributed by atoms with Crippen LogP contribution in [0.3, 0.4) is 0 Å². The molecule has 0 radical (unpaired) electrons. The van der Waals surface area contributed by atoms with Gasteiger partial charge in [-0.15, -0.1) is 0 Å².